The fourth-order valence-corrected chi connectivity index (χ4v) is 0.404. The van der Waals surface area contributed by atoms with Crippen LogP contribution in [-0.2, 0) is 0 Å². The first-order valence-electron chi connectivity index (χ1n) is 2.82. The van der Waals surface area contributed by atoms with Gasteiger partial charge in [0, 0.05) is 6.42 Å². The molecule has 0 aliphatic heterocycles. The molecule has 0 aromatic rings. The minimum absolute atomic E-state index is 0.283. The Hall–Kier alpha value is -0.590. The second kappa shape index (κ2) is 3.44. The Balaban J connectivity index is 3.48. The van der Waals surface area contributed by atoms with Crippen LogP contribution in [0, 0.1) is 11.3 Å². The van der Waals surface area contributed by atoms with E-state index in [1.807, 2.05) is 6.07 Å². The fraction of sp³-hybridized carbons (Fsp3) is 0.833. The monoisotopic (exact) mass is 129 g/mol. The van der Waals surface area contributed by atoms with Gasteiger partial charge in [0.2, 0.25) is 0 Å². The van der Waals surface area contributed by atoms with Crippen molar-refractivity contribution in [1.29, 1.82) is 5.26 Å². The van der Waals surface area contributed by atoms with Gasteiger partial charge >= 0.3 is 0 Å². The molecule has 2 N–H and O–H groups in total. The Morgan fingerprint density at radius 1 is 1.67 bits per heavy atom. The van der Waals surface area contributed by atoms with Crippen LogP contribution in [0.2, 0.25) is 0 Å². The highest BCUT2D eigenvalue weighted by Crippen LogP contribution is 2.09. The van der Waals surface area contributed by atoms with Gasteiger partial charge in [-0.15, -0.1) is 0 Å². The molecule has 0 unspecified atom stereocenters. The van der Waals surface area contributed by atoms with Gasteiger partial charge < -0.3 is 10.2 Å². The van der Waals surface area contributed by atoms with Crippen molar-refractivity contribution in [3.8, 4) is 6.07 Å². The molecule has 0 saturated carbocycles. The van der Waals surface area contributed by atoms with Crippen molar-refractivity contribution < 1.29 is 10.2 Å². The fourth-order valence-electron chi connectivity index (χ4n) is 0.404. The van der Waals surface area contributed by atoms with Crippen molar-refractivity contribution in [3.63, 3.8) is 0 Å². The standard InChI is InChI=1S/C6H11NO2/c1-6(9,5-8)3-2-4-7/h8-9H,2-3,5H2,1H3/t6-/m0/s1. The number of nitriles is 1. The zero-order chi connectivity index (χ0) is 7.33. The molecule has 0 aromatic carbocycles. The lowest BCUT2D eigenvalue weighted by Crippen LogP contribution is -2.28. The van der Waals surface area contributed by atoms with Crippen LogP contribution in [0.15, 0.2) is 0 Å². The normalized spacial score (nSPS) is 16.2. The third-order valence-electron chi connectivity index (χ3n) is 1.12. The van der Waals surface area contributed by atoms with Crippen LogP contribution in [0.1, 0.15) is 19.8 Å². The summed E-state index contributed by atoms with van der Waals surface area (Å²) in [6.07, 6.45) is 0.619. The summed E-state index contributed by atoms with van der Waals surface area (Å²) in [7, 11) is 0. The summed E-state index contributed by atoms with van der Waals surface area (Å²) in [5.74, 6) is 0. The van der Waals surface area contributed by atoms with Crippen LogP contribution in [0.3, 0.4) is 0 Å². The maximum atomic E-state index is 9.05. The number of hydrogen-bond acceptors (Lipinski definition) is 3. The molecule has 0 spiro atoms. The van der Waals surface area contributed by atoms with E-state index in [4.69, 9.17) is 15.5 Å². The van der Waals surface area contributed by atoms with Crippen molar-refractivity contribution in [2.24, 2.45) is 0 Å². The molecule has 0 rings (SSSR count). The van der Waals surface area contributed by atoms with Gasteiger partial charge in [-0.1, -0.05) is 0 Å². The Morgan fingerprint density at radius 3 is 2.56 bits per heavy atom. The van der Waals surface area contributed by atoms with E-state index in [1.165, 1.54) is 6.92 Å². The molecule has 3 heteroatoms. The predicted octanol–water partition coefficient (Wildman–Crippen LogP) is 0.0335. The average molecular weight is 129 g/mol. The summed E-state index contributed by atoms with van der Waals surface area (Å²) in [6.45, 7) is 1.22. The molecule has 0 heterocycles. The lowest BCUT2D eigenvalue weighted by atomic mass is 10.0. The minimum Gasteiger partial charge on any atom is -0.393 e. The maximum Gasteiger partial charge on any atom is 0.0859 e. The van der Waals surface area contributed by atoms with Crippen molar-refractivity contribution >= 4 is 0 Å². The Morgan fingerprint density at radius 2 is 2.22 bits per heavy atom. The highest BCUT2D eigenvalue weighted by atomic mass is 16.3. The van der Waals surface area contributed by atoms with Gasteiger partial charge in [-0.3, -0.25) is 0 Å². The molecular weight excluding hydrogens is 118 g/mol. The number of hydrogen-bond donors (Lipinski definition) is 2. The maximum absolute atomic E-state index is 9.05. The van der Waals surface area contributed by atoms with Gasteiger partial charge in [0.05, 0.1) is 18.3 Å². The molecule has 3 nitrogen and oxygen atoms in total. The number of aliphatic hydroxyl groups excluding tert-OH is 1. The van der Waals surface area contributed by atoms with Crippen LogP contribution in [0.25, 0.3) is 0 Å². The third kappa shape index (κ3) is 3.95. The number of rotatable bonds is 3. The molecule has 0 amide bonds. The summed E-state index contributed by atoms with van der Waals surface area (Å²) < 4.78 is 0. The van der Waals surface area contributed by atoms with Gasteiger partial charge in [-0.25, -0.2) is 0 Å². The van der Waals surface area contributed by atoms with Gasteiger partial charge in [0.1, 0.15) is 0 Å². The SMILES string of the molecule is C[C@@](O)(CO)CCC#N. The minimum atomic E-state index is -1.07. The van der Waals surface area contributed by atoms with Crippen molar-refractivity contribution in [2.75, 3.05) is 6.61 Å². The summed E-state index contributed by atoms with van der Waals surface area (Å²) in [4.78, 5) is 0. The van der Waals surface area contributed by atoms with Crippen molar-refractivity contribution in [3.05, 3.63) is 0 Å². The number of aliphatic hydroxyl groups is 2. The van der Waals surface area contributed by atoms with Crippen LogP contribution in [-0.4, -0.2) is 22.4 Å². The van der Waals surface area contributed by atoms with E-state index in [-0.39, 0.29) is 13.0 Å². The van der Waals surface area contributed by atoms with Crippen LogP contribution < -0.4 is 0 Å². The number of nitrogens with zero attached hydrogens (tertiary/aromatic N) is 1. The second-order valence-corrected chi connectivity index (χ2v) is 2.31. The summed E-state index contributed by atoms with van der Waals surface area (Å²) >= 11 is 0. The molecule has 0 saturated heterocycles. The van der Waals surface area contributed by atoms with E-state index in [9.17, 15) is 0 Å². The summed E-state index contributed by atoms with van der Waals surface area (Å²) in [5.41, 5.74) is -1.07. The Bertz CT molecular complexity index is 115. The smallest absolute Gasteiger partial charge is 0.0859 e. The van der Waals surface area contributed by atoms with E-state index in [0.29, 0.717) is 6.42 Å². The summed E-state index contributed by atoms with van der Waals surface area (Å²) in [5, 5.41) is 25.6. The average Bonchev–Trinajstić information content (AvgIpc) is 1.84. The highest BCUT2D eigenvalue weighted by Gasteiger charge is 2.17. The molecule has 0 aliphatic carbocycles. The molecule has 0 aromatic heterocycles. The molecule has 0 bridgehead atoms. The van der Waals surface area contributed by atoms with E-state index < -0.39 is 5.60 Å². The molecule has 0 aliphatic rings. The predicted molar refractivity (Wildman–Crippen MR) is 32.6 cm³/mol. The first kappa shape index (κ1) is 8.41. The molecule has 52 valence electrons. The van der Waals surface area contributed by atoms with Crippen LogP contribution in [0.4, 0.5) is 0 Å². The quantitative estimate of drug-likeness (QED) is 0.565. The molecular formula is C6H11NO2. The lowest BCUT2D eigenvalue weighted by molar-refractivity contribution is -0.00389. The molecule has 1 atom stereocenters. The topological polar surface area (TPSA) is 64.2 Å². The Kier molecular flexibility index (Phi) is 3.21. The largest absolute Gasteiger partial charge is 0.393 e. The third-order valence-corrected chi connectivity index (χ3v) is 1.12. The second-order valence-electron chi connectivity index (χ2n) is 2.31. The van der Waals surface area contributed by atoms with Gasteiger partial charge in [0.15, 0.2) is 0 Å². The van der Waals surface area contributed by atoms with E-state index in [1.54, 1.807) is 0 Å². The first-order valence-corrected chi connectivity index (χ1v) is 2.82. The Labute approximate surface area is 54.5 Å². The molecule has 0 fully saturated rings. The summed E-state index contributed by atoms with van der Waals surface area (Å²) in [6, 6.07) is 1.89. The van der Waals surface area contributed by atoms with Crippen molar-refractivity contribution in [2.45, 2.75) is 25.4 Å². The van der Waals surface area contributed by atoms with E-state index in [2.05, 4.69) is 0 Å². The molecule has 0 radical (unpaired) electrons. The lowest BCUT2D eigenvalue weighted by Gasteiger charge is -2.17. The first-order chi connectivity index (χ1) is 4.12. The van der Waals surface area contributed by atoms with Crippen molar-refractivity contribution in [1.82, 2.24) is 0 Å². The van der Waals surface area contributed by atoms with Crippen LogP contribution >= 0.6 is 0 Å². The van der Waals surface area contributed by atoms with Gasteiger partial charge in [-0.05, 0) is 13.3 Å². The molecule has 9 heavy (non-hydrogen) atoms. The van der Waals surface area contributed by atoms with Crippen LogP contribution in [0.5, 0.6) is 0 Å². The zero-order valence-corrected chi connectivity index (χ0v) is 5.46. The van der Waals surface area contributed by atoms with Gasteiger partial charge in [-0.2, -0.15) is 5.26 Å². The van der Waals surface area contributed by atoms with E-state index >= 15 is 0 Å². The highest BCUT2D eigenvalue weighted by molar-refractivity contribution is 4.78. The van der Waals surface area contributed by atoms with E-state index in [0.717, 1.165) is 0 Å². The van der Waals surface area contributed by atoms with Gasteiger partial charge in [0.25, 0.3) is 0 Å². The zero-order valence-electron chi connectivity index (χ0n) is 5.46.